The van der Waals surface area contributed by atoms with Crippen LogP contribution in [0.1, 0.15) is 70.1 Å². The summed E-state index contributed by atoms with van der Waals surface area (Å²) in [5, 5.41) is 7.53. The number of hydrogen-bond donors (Lipinski definition) is 2. The lowest BCUT2D eigenvalue weighted by molar-refractivity contribution is 0.0733. The van der Waals surface area contributed by atoms with Gasteiger partial charge in [0, 0.05) is 4.88 Å². The van der Waals surface area contributed by atoms with Gasteiger partial charge < -0.3 is 24.8 Å². The second-order valence-electron chi connectivity index (χ2n) is 10.6. The summed E-state index contributed by atoms with van der Waals surface area (Å²) in [4.78, 5) is 27.2. The Kier molecular flexibility index (Phi) is 5.44. The first kappa shape index (κ1) is 22.9. The fraction of sp³-hybridized carbons (Fsp3) is 0.357. The standard InChI is InChI=1S/C28H28N2O5S/c1-28(2,3)17-8-9-19-22(13-17)36-26-23(19)25(31)29-24(30-26)15-5-4-6-18(11-15)35-27(32)16-7-10-20-21(12-16)34-14-33-20/h4-7,10-12,17,24,30H,8-9,13-14H2,1-3H3,(H,29,31)/t17-,24-/m0/s1. The molecule has 0 radical (unpaired) electrons. The third-order valence-electron chi connectivity index (χ3n) is 7.28. The van der Waals surface area contributed by atoms with Crippen molar-refractivity contribution in [3.8, 4) is 17.2 Å². The van der Waals surface area contributed by atoms with Crippen LogP contribution in [0.2, 0.25) is 0 Å². The molecule has 2 aliphatic heterocycles. The van der Waals surface area contributed by atoms with Gasteiger partial charge in [-0.05, 0) is 72.1 Å². The molecule has 8 heteroatoms. The number of esters is 1. The summed E-state index contributed by atoms with van der Waals surface area (Å²) in [7, 11) is 0. The van der Waals surface area contributed by atoms with Crippen molar-refractivity contribution in [1.82, 2.24) is 5.32 Å². The smallest absolute Gasteiger partial charge is 0.343 e. The van der Waals surface area contributed by atoms with Crippen molar-refractivity contribution >= 4 is 28.2 Å². The average molecular weight is 505 g/mol. The third-order valence-corrected chi connectivity index (χ3v) is 8.46. The van der Waals surface area contributed by atoms with Crippen LogP contribution >= 0.6 is 11.3 Å². The Balaban J connectivity index is 1.20. The van der Waals surface area contributed by atoms with Crippen LogP contribution in [0.5, 0.6) is 17.2 Å². The molecule has 3 aliphatic rings. The molecule has 0 saturated carbocycles. The van der Waals surface area contributed by atoms with Gasteiger partial charge in [-0.1, -0.05) is 32.9 Å². The highest BCUT2D eigenvalue weighted by Gasteiger charge is 2.36. The molecule has 0 saturated heterocycles. The van der Waals surface area contributed by atoms with E-state index in [9.17, 15) is 9.59 Å². The zero-order valence-corrected chi connectivity index (χ0v) is 21.3. The first-order chi connectivity index (χ1) is 17.3. The van der Waals surface area contributed by atoms with E-state index in [1.54, 1.807) is 41.7 Å². The zero-order chi connectivity index (χ0) is 25.0. The number of carbonyl (C=O) groups is 2. The van der Waals surface area contributed by atoms with Crippen LogP contribution in [-0.2, 0) is 12.8 Å². The van der Waals surface area contributed by atoms with Gasteiger partial charge in [-0.25, -0.2) is 4.79 Å². The van der Waals surface area contributed by atoms with Crippen molar-refractivity contribution in [2.24, 2.45) is 11.3 Å². The molecular formula is C28H28N2O5S. The minimum Gasteiger partial charge on any atom is -0.454 e. The van der Waals surface area contributed by atoms with E-state index in [1.807, 2.05) is 12.1 Å². The van der Waals surface area contributed by atoms with Crippen molar-refractivity contribution in [2.75, 3.05) is 12.1 Å². The number of anilines is 1. The summed E-state index contributed by atoms with van der Waals surface area (Å²) < 4.78 is 16.3. The molecule has 2 aromatic carbocycles. The maximum atomic E-state index is 13.2. The van der Waals surface area contributed by atoms with Crippen molar-refractivity contribution in [3.05, 3.63) is 69.6 Å². The third kappa shape index (κ3) is 4.09. The van der Waals surface area contributed by atoms with E-state index in [1.165, 1.54) is 10.4 Å². The van der Waals surface area contributed by atoms with Crippen LogP contribution in [-0.4, -0.2) is 18.7 Å². The number of ether oxygens (including phenoxy) is 3. The normalized spacial score (nSPS) is 20.1. The van der Waals surface area contributed by atoms with E-state index in [4.69, 9.17) is 14.2 Å². The highest BCUT2D eigenvalue weighted by molar-refractivity contribution is 7.16. The summed E-state index contributed by atoms with van der Waals surface area (Å²) in [5.74, 6) is 1.60. The number of fused-ring (bicyclic) bond motifs is 4. The second kappa shape index (κ2) is 8.55. The molecule has 36 heavy (non-hydrogen) atoms. The van der Waals surface area contributed by atoms with Gasteiger partial charge in [0.25, 0.3) is 5.91 Å². The van der Waals surface area contributed by atoms with Gasteiger partial charge in [-0.2, -0.15) is 0 Å². The van der Waals surface area contributed by atoms with Crippen LogP contribution < -0.4 is 24.8 Å². The van der Waals surface area contributed by atoms with Crippen molar-refractivity contribution in [3.63, 3.8) is 0 Å². The average Bonchev–Trinajstić information content (AvgIpc) is 3.47. The molecule has 2 atom stereocenters. The number of nitrogens with one attached hydrogen (secondary N) is 2. The zero-order valence-electron chi connectivity index (χ0n) is 20.5. The molecule has 3 aromatic rings. The predicted octanol–water partition coefficient (Wildman–Crippen LogP) is 5.70. The quantitative estimate of drug-likeness (QED) is 0.352. The van der Waals surface area contributed by atoms with Crippen LogP contribution in [0.15, 0.2) is 42.5 Å². The summed E-state index contributed by atoms with van der Waals surface area (Å²) >= 11 is 1.70. The van der Waals surface area contributed by atoms with Crippen molar-refractivity contribution in [2.45, 2.75) is 46.2 Å². The Labute approximate surface area is 213 Å². The van der Waals surface area contributed by atoms with Crippen molar-refractivity contribution < 1.29 is 23.8 Å². The number of amides is 1. The first-order valence-electron chi connectivity index (χ1n) is 12.2. The lowest BCUT2D eigenvalue weighted by Crippen LogP contribution is -2.38. The van der Waals surface area contributed by atoms with E-state index in [0.717, 1.165) is 35.4 Å². The van der Waals surface area contributed by atoms with Gasteiger partial charge in [-0.15, -0.1) is 11.3 Å². The fourth-order valence-corrected chi connectivity index (χ4v) is 6.50. The number of carbonyl (C=O) groups excluding carboxylic acids is 2. The van der Waals surface area contributed by atoms with Crippen LogP contribution in [0.3, 0.4) is 0 Å². The van der Waals surface area contributed by atoms with E-state index < -0.39 is 12.1 Å². The minimum atomic E-state index is -0.493. The molecule has 1 aliphatic carbocycles. The molecule has 1 aromatic heterocycles. The minimum absolute atomic E-state index is 0.0526. The van der Waals surface area contributed by atoms with Gasteiger partial charge in [0.05, 0.1) is 11.1 Å². The van der Waals surface area contributed by atoms with Gasteiger partial charge in [0.15, 0.2) is 11.5 Å². The molecule has 0 fully saturated rings. The van der Waals surface area contributed by atoms with E-state index in [-0.39, 0.29) is 18.1 Å². The summed E-state index contributed by atoms with van der Waals surface area (Å²) in [6.07, 6.45) is 2.65. The van der Waals surface area contributed by atoms with Gasteiger partial charge in [-0.3, -0.25) is 4.79 Å². The Morgan fingerprint density at radius 3 is 2.75 bits per heavy atom. The molecular weight excluding hydrogens is 476 g/mol. The number of rotatable bonds is 3. The Morgan fingerprint density at radius 2 is 1.92 bits per heavy atom. The molecule has 6 rings (SSSR count). The summed E-state index contributed by atoms with van der Waals surface area (Å²) in [5.41, 5.74) is 3.42. The number of thiophene rings is 1. The van der Waals surface area contributed by atoms with Crippen LogP contribution in [0.25, 0.3) is 0 Å². The van der Waals surface area contributed by atoms with Crippen LogP contribution in [0.4, 0.5) is 5.00 Å². The van der Waals surface area contributed by atoms with Gasteiger partial charge >= 0.3 is 5.97 Å². The monoisotopic (exact) mass is 504 g/mol. The number of benzene rings is 2. The Morgan fingerprint density at radius 1 is 1.08 bits per heavy atom. The fourth-order valence-electron chi connectivity index (χ4n) is 5.15. The maximum absolute atomic E-state index is 13.2. The largest absolute Gasteiger partial charge is 0.454 e. The molecule has 3 heterocycles. The predicted molar refractivity (Wildman–Crippen MR) is 137 cm³/mol. The molecule has 0 unspecified atom stereocenters. The first-order valence-corrected chi connectivity index (χ1v) is 13.0. The topological polar surface area (TPSA) is 85.9 Å². The highest BCUT2D eigenvalue weighted by Crippen LogP contribution is 2.46. The van der Waals surface area contributed by atoms with E-state index in [2.05, 4.69) is 31.4 Å². The SMILES string of the molecule is CC(C)(C)[C@H]1CCc2c(sc3c2C(=O)N[C@H](c2cccc(OC(=O)c4ccc5c(c4)OCO5)c2)N3)C1. The lowest BCUT2D eigenvalue weighted by atomic mass is 9.72. The van der Waals surface area contributed by atoms with Gasteiger partial charge in [0.2, 0.25) is 6.79 Å². The van der Waals surface area contributed by atoms with E-state index in [0.29, 0.717) is 28.7 Å². The van der Waals surface area contributed by atoms with Gasteiger partial charge in [0.1, 0.15) is 16.9 Å². The summed E-state index contributed by atoms with van der Waals surface area (Å²) in [6.45, 7) is 7.03. The lowest BCUT2D eigenvalue weighted by Gasteiger charge is -2.34. The highest BCUT2D eigenvalue weighted by atomic mass is 32.1. The number of hydrogen-bond acceptors (Lipinski definition) is 7. The molecule has 0 spiro atoms. The molecule has 0 bridgehead atoms. The maximum Gasteiger partial charge on any atom is 0.343 e. The second-order valence-corrected chi connectivity index (χ2v) is 11.7. The molecule has 1 amide bonds. The van der Waals surface area contributed by atoms with Crippen molar-refractivity contribution in [1.29, 1.82) is 0 Å². The molecule has 2 N–H and O–H groups in total. The Bertz CT molecular complexity index is 1370. The van der Waals surface area contributed by atoms with Crippen LogP contribution in [0, 0.1) is 11.3 Å². The van der Waals surface area contributed by atoms with E-state index >= 15 is 0 Å². The summed E-state index contributed by atoms with van der Waals surface area (Å²) in [6, 6.07) is 12.2. The Hall–Kier alpha value is -3.52. The molecule has 186 valence electrons. The molecule has 7 nitrogen and oxygen atoms in total.